The first kappa shape index (κ1) is 19.9. The molecule has 0 atom stereocenters. The van der Waals surface area contributed by atoms with Gasteiger partial charge in [-0.05, 0) is 66.6 Å². The van der Waals surface area contributed by atoms with E-state index >= 15 is 0 Å². The molecule has 0 saturated carbocycles. The second kappa shape index (κ2) is 8.05. The van der Waals surface area contributed by atoms with Crippen molar-refractivity contribution in [1.29, 1.82) is 0 Å². The fourth-order valence-electron chi connectivity index (χ4n) is 3.31. The van der Waals surface area contributed by atoms with Gasteiger partial charge in [-0.3, -0.25) is 0 Å². The van der Waals surface area contributed by atoms with Crippen LogP contribution >= 0.6 is 0 Å². The zero-order valence-electron chi connectivity index (χ0n) is 17.5. The number of anilines is 1. The fraction of sp³-hybridized carbons (Fsp3) is 0.320. The fourth-order valence-corrected chi connectivity index (χ4v) is 3.31. The lowest BCUT2D eigenvalue weighted by Crippen LogP contribution is -2.11. The Kier molecular flexibility index (Phi) is 5.73. The topological polar surface area (TPSA) is 48.1 Å². The third-order valence-corrected chi connectivity index (χ3v) is 4.90. The summed E-state index contributed by atoms with van der Waals surface area (Å²) >= 11 is 0. The quantitative estimate of drug-likeness (QED) is 0.560. The van der Waals surface area contributed by atoms with Crippen molar-refractivity contribution in [3.63, 3.8) is 0 Å². The van der Waals surface area contributed by atoms with Gasteiger partial charge in [-0.25, -0.2) is 4.98 Å². The maximum atomic E-state index is 6.04. The van der Waals surface area contributed by atoms with Gasteiger partial charge in [-0.1, -0.05) is 51.1 Å². The number of nitrogen functional groups attached to an aromatic ring is 1. The van der Waals surface area contributed by atoms with Crippen LogP contribution in [0, 0.1) is 19.3 Å². The Hall–Kier alpha value is -2.81. The standard InChI is InChI=1S/C25H30N2O/c1-17-8-6-9-18(2)23(17)24-21(12-13-22(26)27-24)19-10-7-11-20(16-19)28-15-14-25(3,4)5/h6-13,16H,14-15H2,1-5H3,(H2,26,27). The molecule has 2 aromatic carbocycles. The highest BCUT2D eigenvalue weighted by atomic mass is 16.5. The molecule has 3 heteroatoms. The van der Waals surface area contributed by atoms with Gasteiger partial charge in [-0.15, -0.1) is 0 Å². The van der Waals surface area contributed by atoms with Crippen LogP contribution in [0.2, 0.25) is 0 Å². The summed E-state index contributed by atoms with van der Waals surface area (Å²) in [4.78, 5) is 4.70. The van der Waals surface area contributed by atoms with Crippen LogP contribution in [0.3, 0.4) is 0 Å². The molecule has 0 aliphatic carbocycles. The SMILES string of the molecule is Cc1cccc(C)c1-c1nc(N)ccc1-c1cccc(OCCC(C)(C)C)c1. The molecule has 2 N–H and O–H groups in total. The summed E-state index contributed by atoms with van der Waals surface area (Å²) in [6, 6.07) is 18.4. The molecule has 146 valence electrons. The van der Waals surface area contributed by atoms with Gasteiger partial charge in [0, 0.05) is 11.1 Å². The number of benzene rings is 2. The minimum atomic E-state index is 0.258. The minimum Gasteiger partial charge on any atom is -0.494 e. The molecule has 28 heavy (non-hydrogen) atoms. The molecular weight excluding hydrogens is 344 g/mol. The van der Waals surface area contributed by atoms with E-state index in [4.69, 9.17) is 15.5 Å². The third-order valence-electron chi connectivity index (χ3n) is 4.90. The number of nitrogens with two attached hydrogens (primary N) is 1. The molecule has 0 unspecified atom stereocenters. The van der Waals surface area contributed by atoms with E-state index in [1.807, 2.05) is 18.2 Å². The van der Waals surface area contributed by atoms with Gasteiger partial charge in [-0.2, -0.15) is 0 Å². The smallest absolute Gasteiger partial charge is 0.124 e. The van der Waals surface area contributed by atoms with Crippen molar-refractivity contribution in [2.45, 2.75) is 41.0 Å². The molecule has 1 aromatic heterocycles. The van der Waals surface area contributed by atoms with Crippen LogP contribution in [0.1, 0.15) is 38.3 Å². The summed E-state index contributed by atoms with van der Waals surface area (Å²) in [7, 11) is 0. The van der Waals surface area contributed by atoms with Crippen molar-refractivity contribution < 1.29 is 4.74 Å². The van der Waals surface area contributed by atoms with E-state index in [9.17, 15) is 0 Å². The van der Waals surface area contributed by atoms with Crippen LogP contribution in [0.15, 0.2) is 54.6 Å². The van der Waals surface area contributed by atoms with Crippen LogP contribution in [0.5, 0.6) is 5.75 Å². The monoisotopic (exact) mass is 374 g/mol. The first-order valence-corrected chi connectivity index (χ1v) is 9.81. The van der Waals surface area contributed by atoms with Crippen LogP contribution in [-0.4, -0.2) is 11.6 Å². The molecule has 0 amide bonds. The van der Waals surface area contributed by atoms with Gasteiger partial charge in [0.2, 0.25) is 0 Å². The molecule has 3 nitrogen and oxygen atoms in total. The van der Waals surface area contributed by atoms with Crippen molar-refractivity contribution in [2.75, 3.05) is 12.3 Å². The van der Waals surface area contributed by atoms with E-state index in [0.29, 0.717) is 12.4 Å². The molecule has 0 fully saturated rings. The molecule has 3 rings (SSSR count). The Morgan fingerprint density at radius 2 is 1.61 bits per heavy atom. The number of nitrogens with zero attached hydrogens (tertiary/aromatic N) is 1. The zero-order valence-corrected chi connectivity index (χ0v) is 17.5. The second-order valence-corrected chi connectivity index (χ2v) is 8.59. The molecule has 0 saturated heterocycles. The van der Waals surface area contributed by atoms with Crippen LogP contribution < -0.4 is 10.5 Å². The number of aromatic nitrogens is 1. The van der Waals surface area contributed by atoms with Crippen molar-refractivity contribution in [3.8, 4) is 28.1 Å². The van der Waals surface area contributed by atoms with Gasteiger partial charge >= 0.3 is 0 Å². The Morgan fingerprint density at radius 3 is 2.29 bits per heavy atom. The molecule has 1 heterocycles. The number of rotatable bonds is 5. The summed E-state index contributed by atoms with van der Waals surface area (Å²) in [5, 5.41) is 0. The maximum Gasteiger partial charge on any atom is 0.124 e. The highest BCUT2D eigenvalue weighted by Gasteiger charge is 2.15. The van der Waals surface area contributed by atoms with Crippen molar-refractivity contribution >= 4 is 5.82 Å². The van der Waals surface area contributed by atoms with Gasteiger partial charge in [0.25, 0.3) is 0 Å². The minimum absolute atomic E-state index is 0.258. The van der Waals surface area contributed by atoms with Crippen molar-refractivity contribution in [1.82, 2.24) is 4.98 Å². The number of hydrogen-bond acceptors (Lipinski definition) is 3. The Bertz CT molecular complexity index is 950. The number of pyridine rings is 1. The van der Waals surface area contributed by atoms with Crippen LogP contribution in [0.4, 0.5) is 5.82 Å². The molecule has 0 aliphatic rings. The van der Waals surface area contributed by atoms with E-state index in [0.717, 1.165) is 34.6 Å². The predicted octanol–water partition coefficient (Wildman–Crippen LogP) is 6.43. The average Bonchev–Trinajstić information content (AvgIpc) is 2.61. The average molecular weight is 375 g/mol. The third kappa shape index (κ3) is 4.72. The lowest BCUT2D eigenvalue weighted by Gasteiger charge is -2.18. The largest absolute Gasteiger partial charge is 0.494 e. The summed E-state index contributed by atoms with van der Waals surface area (Å²) in [5.74, 6) is 1.41. The maximum absolute atomic E-state index is 6.04. The molecule has 0 bridgehead atoms. The van der Waals surface area contributed by atoms with Crippen LogP contribution in [-0.2, 0) is 0 Å². The van der Waals surface area contributed by atoms with Gasteiger partial charge in [0.05, 0.1) is 12.3 Å². The van der Waals surface area contributed by atoms with Crippen molar-refractivity contribution in [3.05, 3.63) is 65.7 Å². The molecule has 0 spiro atoms. The van der Waals surface area contributed by atoms with Crippen LogP contribution in [0.25, 0.3) is 22.4 Å². The predicted molar refractivity (Wildman–Crippen MR) is 119 cm³/mol. The Morgan fingerprint density at radius 1 is 0.929 bits per heavy atom. The summed E-state index contributed by atoms with van der Waals surface area (Å²) in [5.41, 5.74) is 12.9. The molecule has 0 radical (unpaired) electrons. The lowest BCUT2D eigenvalue weighted by atomic mass is 9.93. The first-order chi connectivity index (χ1) is 13.2. The summed E-state index contributed by atoms with van der Waals surface area (Å²) < 4.78 is 6.02. The number of ether oxygens (including phenoxy) is 1. The van der Waals surface area contributed by atoms with Gasteiger partial charge in [0.1, 0.15) is 11.6 Å². The lowest BCUT2D eigenvalue weighted by molar-refractivity contribution is 0.243. The first-order valence-electron chi connectivity index (χ1n) is 9.81. The Labute approximate surface area is 168 Å². The van der Waals surface area contributed by atoms with E-state index in [1.165, 1.54) is 11.1 Å². The molecular formula is C25H30N2O. The zero-order chi connectivity index (χ0) is 20.3. The number of hydrogen-bond donors (Lipinski definition) is 1. The van der Waals surface area contributed by atoms with E-state index in [2.05, 4.69) is 71.0 Å². The normalized spacial score (nSPS) is 11.5. The number of aryl methyl sites for hydroxylation is 2. The van der Waals surface area contributed by atoms with E-state index in [-0.39, 0.29) is 5.41 Å². The van der Waals surface area contributed by atoms with Gasteiger partial charge < -0.3 is 10.5 Å². The molecule has 3 aromatic rings. The Balaban J connectivity index is 2.00. The highest BCUT2D eigenvalue weighted by Crippen LogP contribution is 2.36. The molecule has 0 aliphatic heterocycles. The van der Waals surface area contributed by atoms with E-state index < -0.39 is 0 Å². The van der Waals surface area contributed by atoms with Crippen molar-refractivity contribution in [2.24, 2.45) is 5.41 Å². The summed E-state index contributed by atoms with van der Waals surface area (Å²) in [6.45, 7) is 11.6. The van der Waals surface area contributed by atoms with Gasteiger partial charge in [0.15, 0.2) is 0 Å². The second-order valence-electron chi connectivity index (χ2n) is 8.59. The highest BCUT2D eigenvalue weighted by molar-refractivity contribution is 5.84. The summed E-state index contributed by atoms with van der Waals surface area (Å²) in [6.07, 6.45) is 1.01. The van der Waals surface area contributed by atoms with E-state index in [1.54, 1.807) is 0 Å².